The van der Waals surface area contributed by atoms with Crippen LogP contribution in [0.2, 0.25) is 0 Å². The van der Waals surface area contributed by atoms with Crippen LogP contribution in [0.15, 0.2) is 18.3 Å². The first-order valence-corrected chi connectivity index (χ1v) is 6.61. The normalized spacial score (nSPS) is 17.6. The minimum atomic E-state index is -0.948. The molecule has 0 atom stereocenters. The number of rotatable bonds is 3. The van der Waals surface area contributed by atoms with E-state index in [1.807, 2.05) is 4.40 Å². The predicted molar refractivity (Wildman–Crippen MR) is 72.7 cm³/mol. The van der Waals surface area contributed by atoms with Crippen molar-refractivity contribution < 1.29 is 9.90 Å². The highest BCUT2D eigenvalue weighted by Gasteiger charge is 2.17. The van der Waals surface area contributed by atoms with Crippen molar-refractivity contribution >= 4 is 11.6 Å². The van der Waals surface area contributed by atoms with E-state index < -0.39 is 5.97 Å². The highest BCUT2D eigenvalue weighted by atomic mass is 16.4. The summed E-state index contributed by atoms with van der Waals surface area (Å²) in [6.45, 7) is 4.87. The number of aromatic carboxylic acids is 1. The van der Waals surface area contributed by atoms with Crippen molar-refractivity contribution in [2.24, 2.45) is 0 Å². The Balaban J connectivity index is 1.80. The molecule has 106 valence electrons. The maximum atomic E-state index is 10.9. The molecule has 1 aliphatic rings. The van der Waals surface area contributed by atoms with Gasteiger partial charge in [-0.05, 0) is 19.2 Å². The zero-order valence-corrected chi connectivity index (χ0v) is 11.4. The Labute approximate surface area is 116 Å². The highest BCUT2D eigenvalue weighted by molar-refractivity contribution is 5.88. The molecule has 7 heteroatoms. The lowest BCUT2D eigenvalue weighted by Gasteiger charge is -2.31. The van der Waals surface area contributed by atoms with Crippen LogP contribution in [-0.2, 0) is 6.54 Å². The van der Waals surface area contributed by atoms with E-state index in [0.29, 0.717) is 5.65 Å². The van der Waals surface area contributed by atoms with Crippen LogP contribution in [0.5, 0.6) is 0 Å². The Kier molecular flexibility index (Phi) is 3.37. The number of carboxylic acids is 1. The van der Waals surface area contributed by atoms with E-state index in [0.717, 1.165) is 38.5 Å². The van der Waals surface area contributed by atoms with Crippen LogP contribution < -0.4 is 0 Å². The van der Waals surface area contributed by atoms with Gasteiger partial charge in [0.15, 0.2) is 11.5 Å². The summed E-state index contributed by atoms with van der Waals surface area (Å²) in [4.78, 5) is 15.6. The summed E-state index contributed by atoms with van der Waals surface area (Å²) in [5.74, 6) is -0.0994. The maximum absolute atomic E-state index is 10.9. The first-order valence-electron chi connectivity index (χ1n) is 6.61. The molecule has 0 amide bonds. The Hall–Kier alpha value is -1.99. The van der Waals surface area contributed by atoms with E-state index >= 15 is 0 Å². The van der Waals surface area contributed by atoms with Crippen LogP contribution in [0.4, 0.5) is 0 Å². The summed E-state index contributed by atoms with van der Waals surface area (Å²) < 4.78 is 1.85. The van der Waals surface area contributed by atoms with Gasteiger partial charge < -0.3 is 10.0 Å². The third-order valence-corrected chi connectivity index (χ3v) is 3.69. The fraction of sp³-hybridized carbons (Fsp3) is 0.462. The van der Waals surface area contributed by atoms with Crippen LogP contribution in [0.1, 0.15) is 16.2 Å². The molecule has 3 rings (SSSR count). The van der Waals surface area contributed by atoms with E-state index in [4.69, 9.17) is 5.11 Å². The van der Waals surface area contributed by atoms with Crippen molar-refractivity contribution in [2.75, 3.05) is 33.2 Å². The van der Waals surface area contributed by atoms with Crippen molar-refractivity contribution in [1.29, 1.82) is 0 Å². The SMILES string of the molecule is CN1CCN(Cc2nnc3cc(C(=O)O)ccn23)CC1. The third-order valence-electron chi connectivity index (χ3n) is 3.69. The Morgan fingerprint density at radius 2 is 2.05 bits per heavy atom. The molecule has 1 saturated heterocycles. The summed E-state index contributed by atoms with van der Waals surface area (Å²) in [6, 6.07) is 3.12. The van der Waals surface area contributed by atoms with Gasteiger partial charge in [0.05, 0.1) is 12.1 Å². The lowest BCUT2D eigenvalue weighted by atomic mass is 10.2. The lowest BCUT2D eigenvalue weighted by Crippen LogP contribution is -2.44. The molecule has 0 aliphatic carbocycles. The number of pyridine rings is 1. The van der Waals surface area contributed by atoms with E-state index in [1.54, 1.807) is 18.3 Å². The summed E-state index contributed by atoms with van der Waals surface area (Å²) >= 11 is 0. The van der Waals surface area contributed by atoms with Crippen molar-refractivity contribution in [1.82, 2.24) is 24.4 Å². The fourth-order valence-electron chi connectivity index (χ4n) is 2.39. The van der Waals surface area contributed by atoms with Gasteiger partial charge in [-0.15, -0.1) is 10.2 Å². The lowest BCUT2D eigenvalue weighted by molar-refractivity contribution is 0.0697. The topological polar surface area (TPSA) is 74.0 Å². The monoisotopic (exact) mass is 275 g/mol. The van der Waals surface area contributed by atoms with Gasteiger partial charge in [-0.25, -0.2) is 4.79 Å². The summed E-state index contributed by atoms with van der Waals surface area (Å²) in [5.41, 5.74) is 0.810. The summed E-state index contributed by atoms with van der Waals surface area (Å²) in [5, 5.41) is 17.2. The van der Waals surface area contributed by atoms with Crippen molar-refractivity contribution in [3.8, 4) is 0 Å². The molecular formula is C13H17N5O2. The molecule has 2 aromatic rings. The molecule has 3 heterocycles. The summed E-state index contributed by atoms with van der Waals surface area (Å²) in [7, 11) is 2.12. The first kappa shape index (κ1) is 13.0. The molecule has 0 radical (unpaired) electrons. The molecule has 0 unspecified atom stereocenters. The molecular weight excluding hydrogens is 258 g/mol. The van der Waals surface area contributed by atoms with Crippen LogP contribution >= 0.6 is 0 Å². The van der Waals surface area contributed by atoms with E-state index in [2.05, 4.69) is 27.0 Å². The van der Waals surface area contributed by atoms with E-state index in [-0.39, 0.29) is 5.56 Å². The predicted octanol–water partition coefficient (Wildman–Crippen LogP) is 0.175. The molecule has 0 aromatic carbocycles. The molecule has 7 nitrogen and oxygen atoms in total. The smallest absolute Gasteiger partial charge is 0.335 e. The minimum Gasteiger partial charge on any atom is -0.478 e. The van der Waals surface area contributed by atoms with Gasteiger partial charge in [0.25, 0.3) is 0 Å². The van der Waals surface area contributed by atoms with Gasteiger partial charge in [-0.3, -0.25) is 9.30 Å². The Morgan fingerprint density at radius 3 is 2.75 bits per heavy atom. The number of piperazine rings is 1. The molecule has 2 aromatic heterocycles. The average molecular weight is 275 g/mol. The van der Waals surface area contributed by atoms with Gasteiger partial charge in [0, 0.05) is 32.4 Å². The van der Waals surface area contributed by atoms with Crippen molar-refractivity contribution in [2.45, 2.75) is 6.54 Å². The fourth-order valence-corrected chi connectivity index (χ4v) is 2.39. The minimum absolute atomic E-state index is 0.232. The van der Waals surface area contributed by atoms with Gasteiger partial charge in [0.1, 0.15) is 0 Å². The van der Waals surface area contributed by atoms with Gasteiger partial charge in [-0.1, -0.05) is 0 Å². The number of hydrogen-bond acceptors (Lipinski definition) is 5. The molecule has 0 spiro atoms. The zero-order valence-electron chi connectivity index (χ0n) is 11.4. The number of likely N-dealkylation sites (N-methyl/N-ethyl adjacent to an activating group) is 1. The molecule has 1 aliphatic heterocycles. The van der Waals surface area contributed by atoms with Crippen molar-refractivity contribution in [3.05, 3.63) is 29.7 Å². The van der Waals surface area contributed by atoms with E-state index in [1.165, 1.54) is 0 Å². The number of carbonyl (C=O) groups is 1. The highest BCUT2D eigenvalue weighted by Crippen LogP contribution is 2.10. The number of carboxylic acid groups (broad SMARTS) is 1. The second kappa shape index (κ2) is 5.18. The molecule has 0 bridgehead atoms. The molecule has 0 saturated carbocycles. The Bertz CT molecular complexity index is 631. The number of aromatic nitrogens is 3. The molecule has 20 heavy (non-hydrogen) atoms. The Morgan fingerprint density at radius 1 is 1.30 bits per heavy atom. The summed E-state index contributed by atoms with van der Waals surface area (Å²) in [6.07, 6.45) is 1.73. The number of fused-ring (bicyclic) bond motifs is 1. The zero-order chi connectivity index (χ0) is 14.1. The standard InChI is InChI=1S/C13H17N5O2/c1-16-4-6-17(7-5-16)9-12-15-14-11-8-10(13(19)20)2-3-18(11)12/h2-3,8H,4-7,9H2,1H3,(H,19,20). The van der Waals surface area contributed by atoms with Gasteiger partial charge in [0.2, 0.25) is 0 Å². The molecule has 1 fully saturated rings. The van der Waals surface area contributed by atoms with Crippen LogP contribution in [0.3, 0.4) is 0 Å². The van der Waals surface area contributed by atoms with Crippen LogP contribution in [0.25, 0.3) is 5.65 Å². The van der Waals surface area contributed by atoms with Gasteiger partial charge in [-0.2, -0.15) is 0 Å². The first-order chi connectivity index (χ1) is 9.63. The van der Waals surface area contributed by atoms with Gasteiger partial charge >= 0.3 is 5.97 Å². The third kappa shape index (κ3) is 2.50. The molecule has 1 N–H and O–H groups in total. The largest absolute Gasteiger partial charge is 0.478 e. The van der Waals surface area contributed by atoms with Crippen molar-refractivity contribution in [3.63, 3.8) is 0 Å². The van der Waals surface area contributed by atoms with Crippen LogP contribution in [-0.4, -0.2) is 68.7 Å². The second-order valence-corrected chi connectivity index (χ2v) is 5.14. The second-order valence-electron chi connectivity index (χ2n) is 5.14. The quantitative estimate of drug-likeness (QED) is 0.861. The van der Waals surface area contributed by atoms with E-state index in [9.17, 15) is 4.79 Å². The van der Waals surface area contributed by atoms with Crippen LogP contribution in [0, 0.1) is 0 Å². The number of hydrogen-bond donors (Lipinski definition) is 1. The number of nitrogens with zero attached hydrogens (tertiary/aromatic N) is 5. The average Bonchev–Trinajstić information content (AvgIpc) is 2.84. The maximum Gasteiger partial charge on any atom is 0.335 e.